The quantitative estimate of drug-likeness (QED) is 0.815. The van der Waals surface area contributed by atoms with E-state index in [1.165, 1.54) is 0 Å². The van der Waals surface area contributed by atoms with Crippen LogP contribution in [0.4, 0.5) is 0 Å². The van der Waals surface area contributed by atoms with Crippen molar-refractivity contribution in [3.05, 3.63) is 23.3 Å². The van der Waals surface area contributed by atoms with Gasteiger partial charge >= 0.3 is 0 Å². The van der Waals surface area contributed by atoms with Crippen LogP contribution in [0.15, 0.2) is 12.1 Å². The molecule has 0 aliphatic carbocycles. The summed E-state index contributed by atoms with van der Waals surface area (Å²) in [6, 6.07) is 3.03. The monoisotopic (exact) mass is 235 g/mol. The van der Waals surface area contributed by atoms with Crippen molar-refractivity contribution >= 4 is 5.78 Å². The molecular formula is C13H17NO3. The Morgan fingerprint density at radius 2 is 2.00 bits per heavy atom. The molecule has 1 aromatic rings. The summed E-state index contributed by atoms with van der Waals surface area (Å²) in [5, 5.41) is 0. The zero-order valence-electron chi connectivity index (χ0n) is 10.3. The van der Waals surface area contributed by atoms with Gasteiger partial charge in [0.25, 0.3) is 0 Å². The molecule has 1 unspecified atom stereocenters. The molecule has 2 N–H and O–H groups in total. The highest BCUT2D eigenvalue weighted by Crippen LogP contribution is 2.41. The third-order valence-corrected chi connectivity index (χ3v) is 2.83. The zero-order chi connectivity index (χ0) is 12.6. The number of benzene rings is 1. The van der Waals surface area contributed by atoms with E-state index in [9.17, 15) is 4.79 Å². The Bertz CT molecular complexity index is 452. The average molecular weight is 235 g/mol. The molecule has 0 aromatic heterocycles. The van der Waals surface area contributed by atoms with Crippen molar-refractivity contribution in [1.82, 2.24) is 0 Å². The maximum Gasteiger partial charge on any atom is 0.231 e. The lowest BCUT2D eigenvalue weighted by Gasteiger charge is -2.15. The van der Waals surface area contributed by atoms with Gasteiger partial charge < -0.3 is 15.2 Å². The standard InChI is InChI=1S/C13H17NO3/c1-7(2)11-9(12(15)8(3)14)4-5-10-13(11)17-6-16-10/h4-5,7-8H,6,14H2,1-3H3. The van der Waals surface area contributed by atoms with Crippen LogP contribution >= 0.6 is 0 Å². The number of hydrogen-bond donors (Lipinski definition) is 1. The summed E-state index contributed by atoms with van der Waals surface area (Å²) in [5.74, 6) is 1.51. The summed E-state index contributed by atoms with van der Waals surface area (Å²) in [4.78, 5) is 12.0. The number of rotatable bonds is 3. The van der Waals surface area contributed by atoms with Crippen molar-refractivity contribution in [3.8, 4) is 11.5 Å². The Balaban J connectivity index is 2.57. The van der Waals surface area contributed by atoms with E-state index in [0.717, 1.165) is 5.56 Å². The minimum atomic E-state index is -0.507. The molecule has 1 aliphatic rings. The molecular weight excluding hydrogens is 218 g/mol. The van der Waals surface area contributed by atoms with Gasteiger partial charge in [-0.2, -0.15) is 0 Å². The van der Waals surface area contributed by atoms with Crippen LogP contribution in [0.2, 0.25) is 0 Å². The van der Waals surface area contributed by atoms with Crippen LogP contribution in [0.25, 0.3) is 0 Å². The fourth-order valence-corrected chi connectivity index (χ4v) is 2.03. The Morgan fingerprint density at radius 1 is 1.29 bits per heavy atom. The van der Waals surface area contributed by atoms with Crippen LogP contribution < -0.4 is 15.2 Å². The van der Waals surface area contributed by atoms with E-state index in [0.29, 0.717) is 17.1 Å². The van der Waals surface area contributed by atoms with Crippen LogP contribution in [0.1, 0.15) is 42.6 Å². The molecule has 0 saturated carbocycles. The molecule has 0 spiro atoms. The summed E-state index contributed by atoms with van der Waals surface area (Å²) in [7, 11) is 0. The number of fused-ring (bicyclic) bond motifs is 1. The third-order valence-electron chi connectivity index (χ3n) is 2.83. The molecule has 0 saturated heterocycles. The van der Waals surface area contributed by atoms with Gasteiger partial charge in [-0.1, -0.05) is 13.8 Å². The van der Waals surface area contributed by atoms with E-state index < -0.39 is 6.04 Å². The Hall–Kier alpha value is -1.55. The number of hydrogen-bond acceptors (Lipinski definition) is 4. The molecule has 1 atom stereocenters. The predicted molar refractivity (Wildman–Crippen MR) is 64.6 cm³/mol. The number of nitrogens with two attached hydrogens (primary N) is 1. The fourth-order valence-electron chi connectivity index (χ4n) is 2.03. The summed E-state index contributed by atoms with van der Waals surface area (Å²) in [5.41, 5.74) is 7.19. The van der Waals surface area contributed by atoms with Crippen molar-refractivity contribution in [2.75, 3.05) is 6.79 Å². The van der Waals surface area contributed by atoms with Gasteiger partial charge in [0.1, 0.15) is 0 Å². The molecule has 4 nitrogen and oxygen atoms in total. The summed E-state index contributed by atoms with van der Waals surface area (Å²) in [6.07, 6.45) is 0. The first kappa shape index (κ1) is 11.9. The van der Waals surface area contributed by atoms with Gasteiger partial charge in [0, 0.05) is 11.1 Å². The van der Waals surface area contributed by atoms with Gasteiger partial charge in [0.2, 0.25) is 6.79 Å². The summed E-state index contributed by atoms with van der Waals surface area (Å²) in [6.45, 7) is 5.95. The first-order valence-electron chi connectivity index (χ1n) is 5.74. The van der Waals surface area contributed by atoms with Gasteiger partial charge in [-0.25, -0.2) is 0 Å². The molecule has 1 aromatic carbocycles. The van der Waals surface area contributed by atoms with Gasteiger partial charge in [-0.05, 0) is 25.0 Å². The van der Waals surface area contributed by atoms with Crippen LogP contribution in [-0.2, 0) is 0 Å². The Labute approximate surface area is 101 Å². The Kier molecular flexibility index (Phi) is 3.07. The van der Waals surface area contributed by atoms with Crippen LogP contribution in [-0.4, -0.2) is 18.6 Å². The minimum absolute atomic E-state index is 0.0630. The Morgan fingerprint density at radius 3 is 2.59 bits per heavy atom. The third kappa shape index (κ3) is 2.00. The van der Waals surface area contributed by atoms with Gasteiger partial charge in [0.15, 0.2) is 17.3 Å². The second kappa shape index (κ2) is 4.37. The van der Waals surface area contributed by atoms with E-state index in [-0.39, 0.29) is 18.5 Å². The van der Waals surface area contributed by atoms with Crippen molar-refractivity contribution in [2.24, 2.45) is 5.73 Å². The largest absolute Gasteiger partial charge is 0.454 e. The van der Waals surface area contributed by atoms with Crippen molar-refractivity contribution in [3.63, 3.8) is 0 Å². The topological polar surface area (TPSA) is 61.6 Å². The SMILES string of the molecule is CC(N)C(=O)c1ccc2c(c1C(C)C)OCO2. The molecule has 1 aliphatic heterocycles. The van der Waals surface area contributed by atoms with Crippen LogP contribution in [0.3, 0.4) is 0 Å². The van der Waals surface area contributed by atoms with Crippen LogP contribution in [0, 0.1) is 0 Å². The highest BCUT2D eigenvalue weighted by Gasteiger charge is 2.26. The molecule has 0 radical (unpaired) electrons. The lowest BCUT2D eigenvalue weighted by Crippen LogP contribution is -2.27. The molecule has 0 bridgehead atoms. The van der Waals surface area contributed by atoms with Crippen LogP contribution in [0.5, 0.6) is 11.5 Å². The smallest absolute Gasteiger partial charge is 0.231 e. The van der Waals surface area contributed by atoms with E-state index in [1.807, 2.05) is 13.8 Å². The predicted octanol–water partition coefficient (Wildman–Crippen LogP) is 2.07. The summed E-state index contributed by atoms with van der Waals surface area (Å²) < 4.78 is 10.8. The molecule has 2 rings (SSSR count). The van der Waals surface area contributed by atoms with Crippen molar-refractivity contribution in [2.45, 2.75) is 32.7 Å². The first-order chi connectivity index (χ1) is 8.02. The lowest BCUT2D eigenvalue weighted by molar-refractivity contribution is 0.0966. The fraction of sp³-hybridized carbons (Fsp3) is 0.462. The van der Waals surface area contributed by atoms with E-state index >= 15 is 0 Å². The second-order valence-corrected chi connectivity index (χ2v) is 4.57. The zero-order valence-corrected chi connectivity index (χ0v) is 10.3. The van der Waals surface area contributed by atoms with Crippen molar-refractivity contribution in [1.29, 1.82) is 0 Å². The molecule has 92 valence electrons. The second-order valence-electron chi connectivity index (χ2n) is 4.57. The number of carbonyl (C=O) groups excluding carboxylic acids is 1. The lowest BCUT2D eigenvalue weighted by atomic mass is 9.91. The van der Waals surface area contributed by atoms with Gasteiger partial charge in [-0.15, -0.1) is 0 Å². The molecule has 17 heavy (non-hydrogen) atoms. The van der Waals surface area contributed by atoms with Gasteiger partial charge in [-0.3, -0.25) is 4.79 Å². The first-order valence-corrected chi connectivity index (χ1v) is 5.74. The molecule has 0 fully saturated rings. The minimum Gasteiger partial charge on any atom is -0.454 e. The highest BCUT2D eigenvalue weighted by molar-refractivity contribution is 6.02. The molecule has 1 heterocycles. The number of carbonyl (C=O) groups is 1. The maximum atomic E-state index is 12.0. The van der Waals surface area contributed by atoms with E-state index in [1.54, 1.807) is 19.1 Å². The van der Waals surface area contributed by atoms with Gasteiger partial charge in [0.05, 0.1) is 6.04 Å². The number of ketones is 1. The average Bonchev–Trinajstić information content (AvgIpc) is 2.73. The number of Topliss-reactive ketones (excluding diaryl/α,β-unsaturated/α-hetero) is 1. The normalized spacial score (nSPS) is 15.1. The molecule has 4 heteroatoms. The summed E-state index contributed by atoms with van der Waals surface area (Å²) >= 11 is 0. The maximum absolute atomic E-state index is 12.0. The van der Waals surface area contributed by atoms with Crippen molar-refractivity contribution < 1.29 is 14.3 Å². The van der Waals surface area contributed by atoms with E-state index in [4.69, 9.17) is 15.2 Å². The van der Waals surface area contributed by atoms with E-state index in [2.05, 4.69) is 0 Å². The number of ether oxygens (including phenoxy) is 2. The molecule has 0 amide bonds. The highest BCUT2D eigenvalue weighted by atomic mass is 16.7.